The Hall–Kier alpha value is -5.80. The lowest BCUT2D eigenvalue weighted by molar-refractivity contribution is 0.959. The third kappa shape index (κ3) is 3.76. The fraction of sp³-hybridized carbons (Fsp3) is 0.0244. The molecule has 0 spiro atoms. The van der Waals surface area contributed by atoms with Gasteiger partial charge in [-0.1, -0.05) is 133 Å². The second-order valence-corrected chi connectivity index (χ2v) is 11.5. The van der Waals surface area contributed by atoms with Gasteiger partial charge in [0.05, 0.1) is 22.1 Å². The van der Waals surface area contributed by atoms with Crippen molar-refractivity contribution in [1.82, 2.24) is 14.5 Å². The number of para-hydroxylation sites is 2. The highest BCUT2D eigenvalue weighted by Gasteiger charge is 2.16. The van der Waals surface area contributed by atoms with Crippen LogP contribution in [0.15, 0.2) is 146 Å². The van der Waals surface area contributed by atoms with E-state index in [0.717, 1.165) is 33.5 Å². The Morgan fingerprint density at radius 3 is 1.50 bits per heavy atom. The summed E-state index contributed by atoms with van der Waals surface area (Å²) in [6.45, 7) is 0. The first kappa shape index (κ1) is 24.8. The zero-order valence-electron chi connectivity index (χ0n) is 24.2. The molecular weight excluding hydrogens is 534 g/mol. The van der Waals surface area contributed by atoms with Gasteiger partial charge < -0.3 is 4.57 Å². The fourth-order valence-corrected chi connectivity index (χ4v) is 6.77. The first-order valence-electron chi connectivity index (χ1n) is 15.0. The van der Waals surface area contributed by atoms with Crippen LogP contribution in [0.1, 0.15) is 0 Å². The van der Waals surface area contributed by atoms with Gasteiger partial charge in [-0.2, -0.15) is 0 Å². The Kier molecular flexibility index (Phi) is 5.41. The van der Waals surface area contributed by atoms with Gasteiger partial charge in [0.1, 0.15) is 5.82 Å². The van der Waals surface area contributed by atoms with E-state index in [1.807, 2.05) is 6.07 Å². The lowest BCUT2D eigenvalue weighted by Gasteiger charge is -2.15. The average molecular weight is 562 g/mol. The van der Waals surface area contributed by atoms with Gasteiger partial charge >= 0.3 is 0 Å². The summed E-state index contributed by atoms with van der Waals surface area (Å²) >= 11 is 0. The number of aryl methyl sites for hydroxylation is 1. The van der Waals surface area contributed by atoms with Crippen LogP contribution in [0.3, 0.4) is 0 Å². The molecule has 0 aliphatic rings. The van der Waals surface area contributed by atoms with Crippen molar-refractivity contribution in [3.8, 4) is 33.6 Å². The first-order chi connectivity index (χ1) is 21.7. The normalized spacial score (nSPS) is 11.8. The van der Waals surface area contributed by atoms with Crippen molar-refractivity contribution in [1.29, 1.82) is 0 Å². The molecule has 2 aromatic heterocycles. The van der Waals surface area contributed by atoms with Crippen molar-refractivity contribution in [2.75, 3.05) is 0 Å². The van der Waals surface area contributed by atoms with Crippen LogP contribution in [0, 0.1) is 0 Å². The highest BCUT2D eigenvalue weighted by molar-refractivity contribution is 6.21. The number of aromatic nitrogens is 3. The molecule has 2 heterocycles. The number of rotatable bonds is 3. The molecule has 206 valence electrons. The summed E-state index contributed by atoms with van der Waals surface area (Å²) in [5, 5.41) is 7.11. The maximum atomic E-state index is 5.33. The molecule has 0 N–H and O–H groups in total. The van der Waals surface area contributed by atoms with Gasteiger partial charge in [-0.05, 0) is 39.6 Å². The fourth-order valence-electron chi connectivity index (χ4n) is 6.77. The minimum absolute atomic E-state index is 0.976. The maximum absolute atomic E-state index is 5.33. The van der Waals surface area contributed by atoms with E-state index in [2.05, 4.69) is 151 Å². The van der Waals surface area contributed by atoms with Gasteiger partial charge in [0.15, 0.2) is 0 Å². The van der Waals surface area contributed by atoms with Crippen LogP contribution in [0.5, 0.6) is 0 Å². The molecule has 44 heavy (non-hydrogen) atoms. The smallest absolute Gasteiger partial charge is 0.140 e. The Labute approximate surface area is 254 Å². The van der Waals surface area contributed by atoms with Crippen molar-refractivity contribution in [2.45, 2.75) is 0 Å². The Morgan fingerprint density at radius 1 is 0.409 bits per heavy atom. The maximum Gasteiger partial charge on any atom is 0.140 e. The molecule has 9 aromatic rings. The minimum atomic E-state index is 0.976. The summed E-state index contributed by atoms with van der Waals surface area (Å²) in [5.74, 6) is 0.976. The van der Waals surface area contributed by atoms with E-state index in [1.54, 1.807) is 0 Å². The predicted molar refractivity (Wildman–Crippen MR) is 185 cm³/mol. The zero-order chi connectivity index (χ0) is 29.2. The van der Waals surface area contributed by atoms with Crippen molar-refractivity contribution in [3.63, 3.8) is 0 Å². The number of imidazole rings is 1. The highest BCUT2D eigenvalue weighted by atomic mass is 15.1. The largest absolute Gasteiger partial charge is 0.327 e. The highest BCUT2D eigenvalue weighted by Crippen LogP contribution is 2.40. The molecule has 9 rings (SSSR count). The van der Waals surface area contributed by atoms with Gasteiger partial charge in [0.2, 0.25) is 0 Å². The quantitative estimate of drug-likeness (QED) is 0.159. The van der Waals surface area contributed by atoms with Crippen molar-refractivity contribution in [3.05, 3.63) is 146 Å². The summed E-state index contributed by atoms with van der Waals surface area (Å²) in [6, 6.07) is 52.0. The molecule has 0 saturated carbocycles. The van der Waals surface area contributed by atoms with Gasteiger partial charge in [-0.15, -0.1) is 0 Å². The number of benzene rings is 7. The van der Waals surface area contributed by atoms with E-state index in [0.29, 0.717) is 0 Å². The molecule has 0 fully saturated rings. The molecular formula is C41H27N3. The summed E-state index contributed by atoms with van der Waals surface area (Å²) in [5.41, 5.74) is 10.1. The molecule has 3 heteroatoms. The van der Waals surface area contributed by atoms with Crippen LogP contribution >= 0.6 is 0 Å². The molecule has 0 saturated heterocycles. The summed E-state index contributed by atoms with van der Waals surface area (Å²) in [4.78, 5) is 10.2. The summed E-state index contributed by atoms with van der Waals surface area (Å²) in [7, 11) is 2.08. The third-order valence-corrected chi connectivity index (χ3v) is 9.00. The number of hydrogen-bond acceptors (Lipinski definition) is 2. The first-order valence-corrected chi connectivity index (χ1v) is 15.0. The van der Waals surface area contributed by atoms with E-state index in [1.165, 1.54) is 54.6 Å². The van der Waals surface area contributed by atoms with E-state index in [4.69, 9.17) is 9.97 Å². The van der Waals surface area contributed by atoms with E-state index in [-0.39, 0.29) is 0 Å². The zero-order valence-corrected chi connectivity index (χ0v) is 24.2. The van der Waals surface area contributed by atoms with E-state index in [9.17, 15) is 0 Å². The molecule has 3 nitrogen and oxygen atoms in total. The van der Waals surface area contributed by atoms with Crippen molar-refractivity contribution in [2.24, 2.45) is 7.05 Å². The second kappa shape index (κ2) is 9.62. The molecule has 7 aromatic carbocycles. The number of nitrogens with zero attached hydrogens (tertiary/aromatic N) is 3. The van der Waals surface area contributed by atoms with Gasteiger partial charge in [-0.3, -0.25) is 0 Å². The Morgan fingerprint density at radius 2 is 0.909 bits per heavy atom. The number of fused-ring (bicyclic) bond motifs is 7. The average Bonchev–Trinajstić information content (AvgIpc) is 3.43. The van der Waals surface area contributed by atoms with Gasteiger partial charge in [0.25, 0.3) is 0 Å². The molecule has 0 unspecified atom stereocenters. The van der Waals surface area contributed by atoms with Crippen LogP contribution in [-0.4, -0.2) is 14.5 Å². The number of pyridine rings is 1. The number of hydrogen-bond donors (Lipinski definition) is 0. The monoisotopic (exact) mass is 561 g/mol. The molecule has 0 amide bonds. The topological polar surface area (TPSA) is 30.7 Å². The predicted octanol–water partition coefficient (Wildman–Crippen LogP) is 10.6. The minimum Gasteiger partial charge on any atom is -0.327 e. The molecule has 0 bridgehead atoms. The van der Waals surface area contributed by atoms with Crippen LogP contribution in [-0.2, 0) is 7.05 Å². The summed E-state index contributed by atoms with van der Waals surface area (Å²) in [6.07, 6.45) is 0. The van der Waals surface area contributed by atoms with Crippen LogP contribution < -0.4 is 0 Å². The van der Waals surface area contributed by atoms with Gasteiger partial charge in [-0.25, -0.2) is 9.97 Å². The van der Waals surface area contributed by atoms with Crippen LogP contribution in [0.2, 0.25) is 0 Å². The lowest BCUT2D eigenvalue weighted by Crippen LogP contribution is -1.92. The lowest BCUT2D eigenvalue weighted by atomic mass is 9.91. The molecule has 0 radical (unpaired) electrons. The van der Waals surface area contributed by atoms with Crippen LogP contribution in [0.25, 0.3) is 88.0 Å². The van der Waals surface area contributed by atoms with Gasteiger partial charge in [0, 0.05) is 39.7 Å². The Balaban J connectivity index is 1.18. The van der Waals surface area contributed by atoms with E-state index < -0.39 is 0 Å². The second-order valence-electron chi connectivity index (χ2n) is 11.5. The van der Waals surface area contributed by atoms with E-state index >= 15 is 0 Å². The molecule has 0 aliphatic heterocycles. The summed E-state index contributed by atoms with van der Waals surface area (Å²) < 4.78 is 2.16. The molecule has 0 atom stereocenters. The third-order valence-electron chi connectivity index (χ3n) is 9.00. The van der Waals surface area contributed by atoms with Crippen molar-refractivity contribution >= 4 is 54.4 Å². The van der Waals surface area contributed by atoms with Crippen molar-refractivity contribution < 1.29 is 0 Å². The standard InChI is InChI=1S/C41H27N3/c1-44-37-13-7-6-12-36(37)42-41(44)31-20-16-27(17-21-31)26-14-18-30(19-15-26)38-34-24-22-28-8-2-4-10-32(28)39(34)43-40-33-11-5-3-9-29(33)23-25-35(38)40/h2-25H,1H3. The molecule has 0 aliphatic carbocycles. The Bertz CT molecular complexity index is 2450. The SMILES string of the molecule is Cn1c(-c2ccc(-c3ccc(-c4c5ccc6ccccc6c5nc5c4ccc4ccccc45)cc3)cc2)nc2ccccc21. The van der Waals surface area contributed by atoms with Crippen LogP contribution in [0.4, 0.5) is 0 Å².